The van der Waals surface area contributed by atoms with Crippen LogP contribution in [0.2, 0.25) is 0 Å². The Morgan fingerprint density at radius 1 is 1.19 bits per heavy atom. The minimum Gasteiger partial charge on any atom is -0.292 e. The Morgan fingerprint density at radius 3 is 2.67 bits per heavy atom. The monoisotopic (exact) mass is 482 g/mol. The summed E-state index contributed by atoms with van der Waals surface area (Å²) in [7, 11) is 0. The zero-order valence-corrected chi connectivity index (χ0v) is 14.9. The highest BCUT2D eigenvalue weighted by molar-refractivity contribution is 14.1. The van der Waals surface area contributed by atoms with Crippen molar-refractivity contribution in [2.24, 2.45) is 0 Å². The summed E-state index contributed by atoms with van der Waals surface area (Å²) in [6.07, 6.45) is 0. The lowest BCUT2D eigenvalue weighted by molar-refractivity contribution is 0.587. The van der Waals surface area contributed by atoms with Crippen molar-refractivity contribution >= 4 is 61.2 Å². The summed E-state index contributed by atoms with van der Waals surface area (Å²) in [6, 6.07) is 7.80. The van der Waals surface area contributed by atoms with Crippen LogP contribution in [0.5, 0.6) is 0 Å². The summed E-state index contributed by atoms with van der Waals surface area (Å²) in [4.78, 5) is 4.39. The maximum absolute atomic E-state index is 14.2. The predicted octanol–water partition coefficient (Wildman–Crippen LogP) is 5.41. The van der Waals surface area contributed by atoms with Gasteiger partial charge >= 0.3 is 0 Å². The second-order valence-corrected chi connectivity index (χ2v) is 6.72. The maximum atomic E-state index is 14.2. The second kappa shape index (κ2) is 5.81. The van der Waals surface area contributed by atoms with Crippen molar-refractivity contribution in [3.8, 4) is 5.69 Å². The number of imidazole rings is 1. The van der Waals surface area contributed by atoms with Crippen molar-refractivity contribution in [3.05, 3.63) is 55.8 Å². The minimum atomic E-state index is -0.549. The summed E-state index contributed by atoms with van der Waals surface area (Å²) in [5.41, 5.74) is 1.47. The molecule has 0 aliphatic rings. The number of hydrogen-bond acceptors (Lipinski definition) is 1. The van der Waals surface area contributed by atoms with Gasteiger partial charge in [0.25, 0.3) is 0 Å². The molecule has 3 aromatic rings. The predicted molar refractivity (Wildman–Crippen MR) is 91.0 cm³/mol. The molecule has 3 rings (SSSR count). The zero-order chi connectivity index (χ0) is 15.1. The summed E-state index contributed by atoms with van der Waals surface area (Å²) >= 11 is 11.0. The van der Waals surface area contributed by atoms with E-state index in [0.717, 1.165) is 15.7 Å². The fourth-order valence-corrected chi connectivity index (χ4v) is 3.11. The molecule has 0 spiro atoms. The Kier molecular flexibility index (Phi) is 4.20. The van der Waals surface area contributed by atoms with E-state index >= 15 is 0 Å². The van der Waals surface area contributed by atoms with Crippen molar-refractivity contribution in [2.45, 2.75) is 5.88 Å². The molecule has 0 aliphatic carbocycles. The molecule has 0 atom stereocenters. The first-order valence-electron chi connectivity index (χ1n) is 5.89. The van der Waals surface area contributed by atoms with Gasteiger partial charge in [0.1, 0.15) is 17.5 Å². The molecule has 7 heteroatoms. The molecule has 2 aromatic carbocycles. The van der Waals surface area contributed by atoms with Crippen LogP contribution in [0.1, 0.15) is 5.82 Å². The van der Waals surface area contributed by atoms with Crippen LogP contribution in [0.3, 0.4) is 0 Å². The van der Waals surface area contributed by atoms with E-state index in [4.69, 9.17) is 11.6 Å². The summed E-state index contributed by atoms with van der Waals surface area (Å²) in [5.74, 6) is -0.524. The molecule has 0 aliphatic heterocycles. The molecule has 21 heavy (non-hydrogen) atoms. The van der Waals surface area contributed by atoms with E-state index in [1.54, 1.807) is 4.57 Å². The first-order valence-corrected chi connectivity index (χ1v) is 8.29. The molecule has 1 aromatic heterocycles. The number of halogens is 5. The number of rotatable bonds is 2. The van der Waals surface area contributed by atoms with Crippen LogP contribution < -0.4 is 0 Å². The Balaban J connectivity index is 2.36. The van der Waals surface area contributed by atoms with Crippen molar-refractivity contribution < 1.29 is 8.78 Å². The van der Waals surface area contributed by atoms with Gasteiger partial charge in [0.15, 0.2) is 0 Å². The van der Waals surface area contributed by atoms with Gasteiger partial charge in [-0.25, -0.2) is 13.8 Å². The minimum absolute atomic E-state index is 0.0788. The van der Waals surface area contributed by atoms with Gasteiger partial charge in [-0.1, -0.05) is 0 Å². The van der Waals surface area contributed by atoms with Crippen LogP contribution in [0, 0.1) is 15.2 Å². The van der Waals surface area contributed by atoms with Gasteiger partial charge in [0.05, 0.1) is 27.1 Å². The molecular formula is C14H7BrClF2IN2. The number of fused-ring (bicyclic) bond motifs is 1. The highest BCUT2D eigenvalue weighted by Gasteiger charge is 2.17. The molecule has 0 saturated carbocycles. The Hall–Kier alpha value is -0.730. The molecule has 0 radical (unpaired) electrons. The van der Waals surface area contributed by atoms with E-state index in [0.29, 0.717) is 16.9 Å². The molecular weight excluding hydrogens is 476 g/mol. The van der Waals surface area contributed by atoms with E-state index in [9.17, 15) is 8.78 Å². The highest BCUT2D eigenvalue weighted by Crippen LogP contribution is 2.28. The Labute approximate surface area is 146 Å². The van der Waals surface area contributed by atoms with Crippen molar-refractivity contribution in [3.63, 3.8) is 0 Å². The smallest absolute Gasteiger partial charge is 0.148 e. The van der Waals surface area contributed by atoms with E-state index in [-0.39, 0.29) is 16.0 Å². The van der Waals surface area contributed by atoms with E-state index in [1.165, 1.54) is 0 Å². The fraction of sp³-hybridized carbons (Fsp3) is 0.0714. The molecule has 0 N–H and O–H groups in total. The van der Waals surface area contributed by atoms with Crippen molar-refractivity contribution in [1.29, 1.82) is 0 Å². The van der Waals surface area contributed by atoms with E-state index in [1.807, 2.05) is 18.2 Å². The average Bonchev–Trinajstić information content (AvgIpc) is 2.80. The number of aromatic nitrogens is 2. The molecule has 0 fully saturated rings. The van der Waals surface area contributed by atoms with Crippen LogP contribution in [0.25, 0.3) is 16.7 Å². The van der Waals surface area contributed by atoms with Gasteiger partial charge in [-0.3, -0.25) is 4.57 Å². The fourth-order valence-electron chi connectivity index (χ4n) is 2.15. The molecule has 2 nitrogen and oxygen atoms in total. The third-order valence-electron chi connectivity index (χ3n) is 3.04. The standard InChI is InChI=1S/C14H7BrClF2IN2/c15-8-4-10(18)13(5-9(8)17)21-12-2-1-7(19)3-11(12)20-14(21)6-16/h1-5H,6H2. The van der Waals surface area contributed by atoms with Gasteiger partial charge in [-0.05, 0) is 62.8 Å². The number of benzene rings is 2. The summed E-state index contributed by atoms with van der Waals surface area (Å²) < 4.78 is 30.6. The summed E-state index contributed by atoms with van der Waals surface area (Å²) in [5, 5.41) is 0. The molecule has 0 unspecified atom stereocenters. The van der Waals surface area contributed by atoms with Crippen molar-refractivity contribution in [1.82, 2.24) is 9.55 Å². The SMILES string of the molecule is Fc1cc(-n2c(CCl)nc3cc(I)ccc32)c(F)cc1Br. The zero-order valence-electron chi connectivity index (χ0n) is 10.4. The highest BCUT2D eigenvalue weighted by atomic mass is 127. The van der Waals surface area contributed by atoms with E-state index < -0.39 is 11.6 Å². The van der Waals surface area contributed by atoms with E-state index in [2.05, 4.69) is 43.5 Å². The molecule has 1 heterocycles. The second-order valence-electron chi connectivity index (χ2n) is 4.35. The van der Waals surface area contributed by atoms with Gasteiger partial charge in [0.2, 0.25) is 0 Å². The topological polar surface area (TPSA) is 17.8 Å². The maximum Gasteiger partial charge on any atom is 0.148 e. The third kappa shape index (κ3) is 2.68. The number of hydrogen-bond donors (Lipinski definition) is 0. The lowest BCUT2D eigenvalue weighted by Crippen LogP contribution is -2.03. The lowest BCUT2D eigenvalue weighted by Gasteiger charge is -2.10. The lowest BCUT2D eigenvalue weighted by atomic mass is 10.2. The first-order chi connectivity index (χ1) is 10.0. The normalized spacial score (nSPS) is 11.3. The van der Waals surface area contributed by atoms with Crippen LogP contribution >= 0.6 is 50.1 Å². The summed E-state index contributed by atoms with van der Waals surface area (Å²) in [6.45, 7) is 0. The average molecular weight is 483 g/mol. The molecule has 0 saturated heterocycles. The largest absolute Gasteiger partial charge is 0.292 e. The van der Waals surface area contributed by atoms with Gasteiger partial charge in [-0.15, -0.1) is 11.6 Å². The third-order valence-corrected chi connectivity index (χ3v) is 4.55. The Bertz CT molecular complexity index is 851. The van der Waals surface area contributed by atoms with Crippen LogP contribution in [-0.2, 0) is 5.88 Å². The van der Waals surface area contributed by atoms with Crippen LogP contribution in [0.4, 0.5) is 8.78 Å². The van der Waals surface area contributed by atoms with Gasteiger partial charge < -0.3 is 0 Å². The number of alkyl halides is 1. The van der Waals surface area contributed by atoms with Gasteiger partial charge in [0, 0.05) is 9.64 Å². The Morgan fingerprint density at radius 2 is 1.95 bits per heavy atom. The van der Waals surface area contributed by atoms with Gasteiger partial charge in [-0.2, -0.15) is 0 Å². The number of nitrogens with zero attached hydrogens (tertiary/aromatic N) is 2. The molecule has 0 bridgehead atoms. The van der Waals surface area contributed by atoms with Crippen molar-refractivity contribution in [2.75, 3.05) is 0 Å². The van der Waals surface area contributed by atoms with Crippen LogP contribution in [-0.4, -0.2) is 9.55 Å². The molecule has 108 valence electrons. The molecule has 0 amide bonds. The van der Waals surface area contributed by atoms with Crippen LogP contribution in [0.15, 0.2) is 34.8 Å². The first kappa shape index (κ1) is 15.2. The quantitative estimate of drug-likeness (QED) is 0.271.